The quantitative estimate of drug-likeness (QED) is 0.784. The molecule has 0 fully saturated rings. The van der Waals surface area contributed by atoms with Crippen molar-refractivity contribution in [2.24, 2.45) is 0 Å². The van der Waals surface area contributed by atoms with Gasteiger partial charge in [-0.25, -0.2) is 0 Å². The maximum atomic E-state index is 12.0. The Morgan fingerprint density at radius 2 is 2.20 bits per heavy atom. The van der Waals surface area contributed by atoms with Crippen LogP contribution < -0.4 is 0 Å². The van der Waals surface area contributed by atoms with Crippen LogP contribution in [0.4, 0.5) is 0 Å². The van der Waals surface area contributed by atoms with Crippen molar-refractivity contribution in [3.05, 3.63) is 35.4 Å². The molecule has 0 bridgehead atoms. The molecule has 1 N–H and O–H groups in total. The van der Waals surface area contributed by atoms with Gasteiger partial charge in [0.25, 0.3) is 5.91 Å². The fraction of sp³-hybridized carbons (Fsp3) is 0.417. The van der Waals surface area contributed by atoms with E-state index in [0.717, 1.165) is 17.5 Å². The molecule has 1 amide bonds. The van der Waals surface area contributed by atoms with Gasteiger partial charge in [-0.15, -0.1) is 0 Å². The second-order valence-corrected chi connectivity index (χ2v) is 4.01. The molecule has 0 aliphatic carbocycles. The fourth-order valence-electron chi connectivity index (χ4n) is 1.97. The summed E-state index contributed by atoms with van der Waals surface area (Å²) in [7, 11) is 0. The number of benzene rings is 1. The third-order valence-electron chi connectivity index (χ3n) is 2.67. The Morgan fingerprint density at radius 3 is 2.93 bits per heavy atom. The minimum absolute atomic E-state index is 0.0396. The second kappa shape index (κ2) is 4.03. The highest BCUT2D eigenvalue weighted by Crippen LogP contribution is 2.18. The minimum atomic E-state index is -0.459. The molecule has 80 valence electrons. The molecule has 0 aromatic heterocycles. The average molecular weight is 205 g/mol. The fourth-order valence-corrected chi connectivity index (χ4v) is 1.97. The van der Waals surface area contributed by atoms with Crippen molar-refractivity contribution in [2.75, 3.05) is 13.1 Å². The Morgan fingerprint density at radius 1 is 1.47 bits per heavy atom. The molecule has 0 unspecified atom stereocenters. The van der Waals surface area contributed by atoms with Crippen molar-refractivity contribution in [1.82, 2.24) is 4.90 Å². The normalized spacial score (nSPS) is 17.5. The zero-order chi connectivity index (χ0) is 10.8. The standard InChI is InChI=1S/C12H15NO2/c1-9(14)8-13-7-6-10-4-2-3-5-11(10)12(13)15/h2-5,9,14H,6-8H2,1H3/t9-/m0/s1. The number of β-amino-alcohol motifs (C(OH)–C–C–N with tert-alkyl or cyclic N) is 1. The van der Waals surface area contributed by atoms with Crippen molar-refractivity contribution in [1.29, 1.82) is 0 Å². The monoisotopic (exact) mass is 205 g/mol. The van der Waals surface area contributed by atoms with E-state index in [-0.39, 0.29) is 5.91 Å². The summed E-state index contributed by atoms with van der Waals surface area (Å²) in [6, 6.07) is 7.68. The average Bonchev–Trinajstić information content (AvgIpc) is 2.22. The molecule has 1 aliphatic heterocycles. The Kier molecular flexibility index (Phi) is 2.73. The molecule has 15 heavy (non-hydrogen) atoms. The van der Waals surface area contributed by atoms with Crippen LogP contribution in [0.1, 0.15) is 22.8 Å². The number of aliphatic hydroxyl groups excluding tert-OH is 1. The zero-order valence-electron chi connectivity index (χ0n) is 8.81. The van der Waals surface area contributed by atoms with Gasteiger partial charge in [-0.2, -0.15) is 0 Å². The van der Waals surface area contributed by atoms with Crippen LogP contribution in [0.3, 0.4) is 0 Å². The summed E-state index contributed by atoms with van der Waals surface area (Å²) >= 11 is 0. The van der Waals surface area contributed by atoms with E-state index in [1.807, 2.05) is 24.3 Å². The first kappa shape index (κ1) is 10.2. The summed E-state index contributed by atoms with van der Waals surface area (Å²) in [6.45, 7) is 2.84. The molecule has 0 saturated carbocycles. The highest BCUT2D eigenvalue weighted by Gasteiger charge is 2.24. The lowest BCUT2D eigenvalue weighted by Crippen LogP contribution is -2.41. The van der Waals surface area contributed by atoms with E-state index in [1.54, 1.807) is 11.8 Å². The molecule has 1 heterocycles. The highest BCUT2D eigenvalue weighted by atomic mass is 16.3. The van der Waals surface area contributed by atoms with Gasteiger partial charge in [0.05, 0.1) is 6.10 Å². The van der Waals surface area contributed by atoms with Crippen LogP contribution in [0.2, 0.25) is 0 Å². The molecule has 0 radical (unpaired) electrons. The van der Waals surface area contributed by atoms with Gasteiger partial charge in [-0.3, -0.25) is 4.79 Å². The van der Waals surface area contributed by atoms with Crippen molar-refractivity contribution < 1.29 is 9.90 Å². The highest BCUT2D eigenvalue weighted by molar-refractivity contribution is 5.96. The number of rotatable bonds is 2. The summed E-state index contributed by atoms with van der Waals surface area (Å²) in [5, 5.41) is 9.28. The van der Waals surface area contributed by atoms with E-state index in [9.17, 15) is 9.90 Å². The van der Waals surface area contributed by atoms with Crippen LogP contribution >= 0.6 is 0 Å². The smallest absolute Gasteiger partial charge is 0.254 e. The van der Waals surface area contributed by atoms with Crippen molar-refractivity contribution in [3.8, 4) is 0 Å². The van der Waals surface area contributed by atoms with Crippen LogP contribution in [-0.4, -0.2) is 35.1 Å². The molecule has 2 rings (SSSR count). The van der Waals surface area contributed by atoms with Crippen LogP contribution in [0.15, 0.2) is 24.3 Å². The lowest BCUT2D eigenvalue weighted by molar-refractivity contribution is 0.0630. The van der Waals surface area contributed by atoms with Gasteiger partial charge in [0.2, 0.25) is 0 Å². The summed E-state index contributed by atoms with van der Waals surface area (Å²) in [5.74, 6) is 0.0396. The third-order valence-corrected chi connectivity index (χ3v) is 2.67. The van der Waals surface area contributed by atoms with Gasteiger partial charge < -0.3 is 10.0 Å². The number of hydrogen-bond acceptors (Lipinski definition) is 2. The van der Waals surface area contributed by atoms with E-state index in [4.69, 9.17) is 0 Å². The Labute approximate surface area is 89.3 Å². The van der Waals surface area contributed by atoms with Crippen LogP contribution in [0, 0.1) is 0 Å². The van der Waals surface area contributed by atoms with Gasteiger partial charge in [-0.05, 0) is 25.0 Å². The molecule has 3 heteroatoms. The lowest BCUT2D eigenvalue weighted by atomic mass is 9.99. The largest absolute Gasteiger partial charge is 0.392 e. The minimum Gasteiger partial charge on any atom is -0.392 e. The lowest BCUT2D eigenvalue weighted by Gasteiger charge is -2.29. The van der Waals surface area contributed by atoms with E-state index in [2.05, 4.69) is 0 Å². The number of fused-ring (bicyclic) bond motifs is 1. The number of hydrogen-bond donors (Lipinski definition) is 1. The number of carbonyl (C=O) groups is 1. The molecule has 1 aliphatic rings. The molecule has 1 aromatic rings. The van der Waals surface area contributed by atoms with Gasteiger partial charge in [0.1, 0.15) is 0 Å². The maximum absolute atomic E-state index is 12.0. The SMILES string of the molecule is C[C@H](O)CN1CCc2ccccc2C1=O. The van der Waals surface area contributed by atoms with Gasteiger partial charge in [-0.1, -0.05) is 18.2 Å². The van der Waals surface area contributed by atoms with Crippen molar-refractivity contribution >= 4 is 5.91 Å². The summed E-state index contributed by atoms with van der Waals surface area (Å²) in [4.78, 5) is 13.7. The number of carbonyl (C=O) groups excluding carboxylic acids is 1. The molecule has 3 nitrogen and oxygen atoms in total. The first-order valence-corrected chi connectivity index (χ1v) is 5.23. The number of aliphatic hydroxyl groups is 1. The Balaban J connectivity index is 2.22. The third kappa shape index (κ3) is 2.02. The van der Waals surface area contributed by atoms with E-state index in [1.165, 1.54) is 0 Å². The van der Waals surface area contributed by atoms with Gasteiger partial charge >= 0.3 is 0 Å². The van der Waals surface area contributed by atoms with Crippen LogP contribution in [0.25, 0.3) is 0 Å². The summed E-state index contributed by atoms with van der Waals surface area (Å²) < 4.78 is 0. The molecule has 0 spiro atoms. The number of nitrogens with zero attached hydrogens (tertiary/aromatic N) is 1. The maximum Gasteiger partial charge on any atom is 0.254 e. The number of amides is 1. The molecular formula is C12H15NO2. The van der Waals surface area contributed by atoms with Crippen LogP contribution in [0.5, 0.6) is 0 Å². The second-order valence-electron chi connectivity index (χ2n) is 4.01. The van der Waals surface area contributed by atoms with Gasteiger partial charge in [0, 0.05) is 18.7 Å². The first-order valence-electron chi connectivity index (χ1n) is 5.23. The molecule has 1 atom stereocenters. The zero-order valence-corrected chi connectivity index (χ0v) is 8.81. The van der Waals surface area contributed by atoms with Crippen molar-refractivity contribution in [3.63, 3.8) is 0 Å². The van der Waals surface area contributed by atoms with Crippen LogP contribution in [-0.2, 0) is 6.42 Å². The van der Waals surface area contributed by atoms with E-state index < -0.39 is 6.10 Å². The van der Waals surface area contributed by atoms with E-state index in [0.29, 0.717) is 13.1 Å². The predicted octanol–water partition coefficient (Wildman–Crippen LogP) is 1.07. The van der Waals surface area contributed by atoms with Crippen molar-refractivity contribution in [2.45, 2.75) is 19.4 Å². The predicted molar refractivity (Wildman–Crippen MR) is 57.7 cm³/mol. The molecule has 0 saturated heterocycles. The Hall–Kier alpha value is -1.35. The topological polar surface area (TPSA) is 40.5 Å². The summed E-state index contributed by atoms with van der Waals surface area (Å²) in [6.07, 6.45) is 0.425. The van der Waals surface area contributed by atoms with E-state index >= 15 is 0 Å². The molecular weight excluding hydrogens is 190 g/mol. The first-order chi connectivity index (χ1) is 7.18. The van der Waals surface area contributed by atoms with Gasteiger partial charge in [0.15, 0.2) is 0 Å². The summed E-state index contributed by atoms with van der Waals surface area (Å²) in [5.41, 5.74) is 1.90. The molecule has 1 aromatic carbocycles. The Bertz CT molecular complexity index is 374.